The summed E-state index contributed by atoms with van der Waals surface area (Å²) in [6.07, 6.45) is 1.06. The summed E-state index contributed by atoms with van der Waals surface area (Å²) in [5.74, 6) is 0.450. The predicted octanol–water partition coefficient (Wildman–Crippen LogP) is 4.03. The van der Waals surface area contributed by atoms with Crippen molar-refractivity contribution in [3.8, 4) is 0 Å². The molecule has 2 heterocycles. The van der Waals surface area contributed by atoms with Gasteiger partial charge in [-0.1, -0.05) is 11.6 Å². The molecule has 14 heavy (non-hydrogen) atoms. The number of hydrogen-bond acceptors (Lipinski definition) is 2. The molecule has 2 atom stereocenters. The lowest BCUT2D eigenvalue weighted by Gasteiger charge is -2.12. The fourth-order valence-electron chi connectivity index (χ4n) is 1.64. The van der Waals surface area contributed by atoms with Crippen LogP contribution in [0.15, 0.2) is 6.07 Å². The minimum absolute atomic E-state index is 0.0636. The molecule has 0 saturated carbocycles. The van der Waals surface area contributed by atoms with Crippen molar-refractivity contribution in [2.24, 2.45) is 5.92 Å². The van der Waals surface area contributed by atoms with Crippen LogP contribution in [-0.2, 0) is 4.74 Å². The van der Waals surface area contributed by atoms with E-state index in [0.29, 0.717) is 5.92 Å². The number of alkyl halides is 1. The fourth-order valence-corrected chi connectivity index (χ4v) is 3.32. The highest BCUT2D eigenvalue weighted by atomic mass is 35.5. The second-order valence-corrected chi connectivity index (χ2v) is 5.79. The third kappa shape index (κ3) is 2.08. The van der Waals surface area contributed by atoms with Gasteiger partial charge in [-0.05, 0) is 25.0 Å². The molecule has 1 nitrogen and oxygen atoms in total. The van der Waals surface area contributed by atoms with Crippen molar-refractivity contribution >= 4 is 34.5 Å². The lowest BCUT2D eigenvalue weighted by molar-refractivity contribution is 0.185. The molecule has 0 spiro atoms. The van der Waals surface area contributed by atoms with Crippen LogP contribution in [0.5, 0.6) is 0 Å². The van der Waals surface area contributed by atoms with E-state index >= 15 is 0 Å². The van der Waals surface area contributed by atoms with E-state index in [1.54, 1.807) is 11.3 Å². The first kappa shape index (κ1) is 10.7. The summed E-state index contributed by atoms with van der Waals surface area (Å²) < 4.78 is 6.18. The van der Waals surface area contributed by atoms with Crippen LogP contribution in [-0.4, -0.2) is 13.2 Å². The monoisotopic (exact) mass is 250 g/mol. The van der Waals surface area contributed by atoms with Crippen LogP contribution >= 0.6 is 34.5 Å². The Labute approximate surface area is 98.0 Å². The molecule has 1 fully saturated rings. The summed E-state index contributed by atoms with van der Waals surface area (Å²) in [7, 11) is 0. The SMILES string of the molecule is Cc1cc(C(Cl)C2CCOC2)sc1Cl. The van der Waals surface area contributed by atoms with Crippen molar-refractivity contribution in [2.75, 3.05) is 13.2 Å². The number of hydrogen-bond donors (Lipinski definition) is 0. The Morgan fingerprint density at radius 1 is 1.64 bits per heavy atom. The molecule has 4 heteroatoms. The van der Waals surface area contributed by atoms with Crippen LogP contribution in [0, 0.1) is 12.8 Å². The highest BCUT2D eigenvalue weighted by Gasteiger charge is 2.26. The first-order valence-corrected chi connectivity index (χ1v) is 6.29. The molecular formula is C10H12Cl2OS. The van der Waals surface area contributed by atoms with Gasteiger partial charge in [0.25, 0.3) is 0 Å². The molecule has 78 valence electrons. The van der Waals surface area contributed by atoms with E-state index in [-0.39, 0.29) is 5.38 Å². The number of rotatable bonds is 2. The van der Waals surface area contributed by atoms with Gasteiger partial charge in [-0.15, -0.1) is 22.9 Å². The number of thiophene rings is 1. The Morgan fingerprint density at radius 2 is 2.43 bits per heavy atom. The molecule has 1 aromatic heterocycles. The Kier molecular flexibility index (Phi) is 3.38. The molecule has 0 aromatic carbocycles. The molecule has 1 aliphatic rings. The zero-order valence-electron chi connectivity index (χ0n) is 7.93. The first-order chi connectivity index (χ1) is 6.68. The lowest BCUT2D eigenvalue weighted by atomic mass is 10.0. The van der Waals surface area contributed by atoms with Crippen LogP contribution in [0.3, 0.4) is 0 Å². The maximum absolute atomic E-state index is 6.37. The molecule has 2 rings (SSSR count). The van der Waals surface area contributed by atoms with Gasteiger partial charge in [0.2, 0.25) is 0 Å². The lowest BCUT2D eigenvalue weighted by Crippen LogP contribution is -2.05. The summed E-state index contributed by atoms with van der Waals surface area (Å²) in [6, 6.07) is 2.09. The van der Waals surface area contributed by atoms with Crippen LogP contribution in [0.2, 0.25) is 4.34 Å². The standard InChI is InChI=1S/C10H12Cl2OS/c1-6-4-8(14-10(6)12)9(11)7-2-3-13-5-7/h4,7,9H,2-3,5H2,1H3. The average molecular weight is 251 g/mol. The van der Waals surface area contributed by atoms with E-state index in [1.165, 1.54) is 4.88 Å². The van der Waals surface area contributed by atoms with Gasteiger partial charge in [0, 0.05) is 17.4 Å². The van der Waals surface area contributed by atoms with Gasteiger partial charge in [0.15, 0.2) is 0 Å². The van der Waals surface area contributed by atoms with Crippen molar-refractivity contribution in [1.82, 2.24) is 0 Å². The number of ether oxygens (including phenoxy) is 1. The summed E-state index contributed by atoms with van der Waals surface area (Å²) >= 11 is 14.0. The predicted molar refractivity (Wildman–Crippen MR) is 61.6 cm³/mol. The zero-order valence-corrected chi connectivity index (χ0v) is 10.3. The Morgan fingerprint density at radius 3 is 2.93 bits per heavy atom. The molecule has 1 aromatic rings. The van der Waals surface area contributed by atoms with Gasteiger partial charge in [-0.2, -0.15) is 0 Å². The minimum Gasteiger partial charge on any atom is -0.381 e. The van der Waals surface area contributed by atoms with Gasteiger partial charge in [-0.3, -0.25) is 0 Å². The van der Waals surface area contributed by atoms with Crippen molar-refractivity contribution in [1.29, 1.82) is 0 Å². The summed E-state index contributed by atoms with van der Waals surface area (Å²) in [4.78, 5) is 1.17. The normalized spacial score (nSPS) is 24.1. The second-order valence-electron chi connectivity index (χ2n) is 3.63. The first-order valence-electron chi connectivity index (χ1n) is 4.66. The summed E-state index contributed by atoms with van der Waals surface area (Å²) in [5, 5.41) is 0.0636. The van der Waals surface area contributed by atoms with E-state index in [2.05, 4.69) is 6.07 Å². The molecule has 0 bridgehead atoms. The highest BCUT2D eigenvalue weighted by molar-refractivity contribution is 7.16. The van der Waals surface area contributed by atoms with Crippen molar-refractivity contribution in [2.45, 2.75) is 18.7 Å². The molecule has 0 aliphatic carbocycles. The van der Waals surface area contributed by atoms with E-state index in [4.69, 9.17) is 27.9 Å². The minimum atomic E-state index is 0.0636. The molecular weight excluding hydrogens is 239 g/mol. The van der Waals surface area contributed by atoms with Gasteiger partial charge in [0.05, 0.1) is 16.3 Å². The van der Waals surface area contributed by atoms with Crippen molar-refractivity contribution in [3.63, 3.8) is 0 Å². The van der Waals surface area contributed by atoms with E-state index in [9.17, 15) is 0 Å². The fraction of sp³-hybridized carbons (Fsp3) is 0.600. The molecule has 1 aliphatic heterocycles. The molecule has 2 unspecified atom stereocenters. The van der Waals surface area contributed by atoms with Crippen molar-refractivity contribution in [3.05, 3.63) is 20.8 Å². The second kappa shape index (κ2) is 4.40. The number of halogens is 2. The third-order valence-corrected chi connectivity index (χ3v) is 4.89. The third-order valence-electron chi connectivity index (χ3n) is 2.53. The van der Waals surface area contributed by atoms with Crippen LogP contribution in [0.4, 0.5) is 0 Å². The average Bonchev–Trinajstić information content (AvgIpc) is 2.76. The largest absolute Gasteiger partial charge is 0.381 e. The maximum atomic E-state index is 6.37. The topological polar surface area (TPSA) is 9.23 Å². The molecule has 0 radical (unpaired) electrons. The van der Waals surface area contributed by atoms with Crippen molar-refractivity contribution < 1.29 is 4.74 Å². The van der Waals surface area contributed by atoms with E-state index in [0.717, 1.165) is 29.5 Å². The Hall–Kier alpha value is 0.240. The Bertz CT molecular complexity index is 298. The van der Waals surface area contributed by atoms with Gasteiger partial charge in [0.1, 0.15) is 0 Å². The zero-order chi connectivity index (χ0) is 10.1. The van der Waals surface area contributed by atoms with E-state index < -0.39 is 0 Å². The van der Waals surface area contributed by atoms with Gasteiger partial charge < -0.3 is 4.74 Å². The van der Waals surface area contributed by atoms with Crippen LogP contribution in [0.1, 0.15) is 22.2 Å². The summed E-state index contributed by atoms with van der Waals surface area (Å²) in [6.45, 7) is 3.63. The molecule has 0 amide bonds. The Balaban J connectivity index is 2.13. The maximum Gasteiger partial charge on any atom is 0.0960 e. The molecule has 0 N–H and O–H groups in total. The summed E-state index contributed by atoms with van der Waals surface area (Å²) in [5.41, 5.74) is 1.12. The van der Waals surface area contributed by atoms with Gasteiger partial charge >= 0.3 is 0 Å². The molecule has 1 saturated heterocycles. The highest BCUT2D eigenvalue weighted by Crippen LogP contribution is 2.40. The van der Waals surface area contributed by atoms with Gasteiger partial charge in [-0.25, -0.2) is 0 Å². The van der Waals surface area contributed by atoms with Crippen LogP contribution < -0.4 is 0 Å². The van der Waals surface area contributed by atoms with E-state index in [1.807, 2.05) is 6.92 Å². The van der Waals surface area contributed by atoms with Crippen LogP contribution in [0.25, 0.3) is 0 Å². The smallest absolute Gasteiger partial charge is 0.0960 e. The quantitative estimate of drug-likeness (QED) is 0.721. The number of aryl methyl sites for hydroxylation is 1.